The Labute approximate surface area is 169 Å². The van der Waals surface area contributed by atoms with Crippen LogP contribution in [0, 0.1) is 6.92 Å². The molecule has 0 N–H and O–H groups in total. The molecule has 0 amide bonds. The number of fused-ring (bicyclic) bond motifs is 1. The molecule has 0 aliphatic carbocycles. The molecule has 28 heavy (non-hydrogen) atoms. The third-order valence-electron chi connectivity index (χ3n) is 4.66. The number of halogens is 1. The highest BCUT2D eigenvalue weighted by Gasteiger charge is 2.19. The molecule has 3 aromatic carbocycles. The van der Waals surface area contributed by atoms with E-state index in [4.69, 9.17) is 11.6 Å². The van der Waals surface area contributed by atoms with Gasteiger partial charge < -0.3 is 0 Å². The van der Waals surface area contributed by atoms with Crippen molar-refractivity contribution in [3.05, 3.63) is 107 Å². The van der Waals surface area contributed by atoms with Crippen LogP contribution in [0.4, 0.5) is 0 Å². The summed E-state index contributed by atoms with van der Waals surface area (Å²) in [6.45, 7) is 1.88. The maximum absolute atomic E-state index is 13.2. The minimum absolute atomic E-state index is 0.0745. The standard InChI is InChI=1S/C25H18ClNO/c1-17-24(23(28)15-12-18-8-4-2-5-9-18)25(19-10-6-3-7-11-19)21-16-20(26)13-14-22(21)27-17/h2-16H,1H3/b15-12-. The van der Waals surface area contributed by atoms with Gasteiger partial charge in [-0.15, -0.1) is 0 Å². The number of aryl methyl sites for hydroxylation is 1. The SMILES string of the molecule is Cc1nc2ccc(Cl)cc2c(-c2ccccc2)c1C(=O)/C=C\c1ccccc1. The quantitative estimate of drug-likeness (QED) is 0.288. The van der Waals surface area contributed by atoms with Gasteiger partial charge in [-0.2, -0.15) is 0 Å². The summed E-state index contributed by atoms with van der Waals surface area (Å²) in [6.07, 6.45) is 3.45. The third kappa shape index (κ3) is 3.60. The van der Waals surface area contributed by atoms with Crippen LogP contribution in [0.1, 0.15) is 21.6 Å². The zero-order valence-electron chi connectivity index (χ0n) is 15.4. The molecule has 0 aliphatic rings. The van der Waals surface area contributed by atoms with Crippen LogP contribution in [0.5, 0.6) is 0 Å². The highest BCUT2D eigenvalue weighted by atomic mass is 35.5. The number of hydrogen-bond acceptors (Lipinski definition) is 2. The number of carbonyl (C=O) groups is 1. The van der Waals surface area contributed by atoms with Crippen LogP contribution in [0.2, 0.25) is 5.02 Å². The van der Waals surface area contributed by atoms with Gasteiger partial charge in [0.1, 0.15) is 0 Å². The van der Waals surface area contributed by atoms with E-state index in [2.05, 4.69) is 4.98 Å². The fraction of sp³-hybridized carbons (Fsp3) is 0.0400. The van der Waals surface area contributed by atoms with E-state index in [1.807, 2.05) is 91.9 Å². The minimum atomic E-state index is -0.0745. The molecule has 0 atom stereocenters. The van der Waals surface area contributed by atoms with Gasteiger partial charge in [-0.25, -0.2) is 0 Å². The second kappa shape index (κ2) is 7.79. The first-order valence-corrected chi connectivity index (χ1v) is 9.44. The maximum atomic E-state index is 13.2. The number of carbonyl (C=O) groups excluding carboxylic acids is 1. The molecule has 0 aliphatic heterocycles. The molecule has 2 nitrogen and oxygen atoms in total. The monoisotopic (exact) mass is 383 g/mol. The van der Waals surface area contributed by atoms with Gasteiger partial charge in [0, 0.05) is 21.7 Å². The second-order valence-corrected chi connectivity index (χ2v) is 7.02. The number of aromatic nitrogens is 1. The van der Waals surface area contributed by atoms with Crippen molar-refractivity contribution in [2.45, 2.75) is 6.92 Å². The largest absolute Gasteiger partial charge is 0.289 e. The topological polar surface area (TPSA) is 30.0 Å². The molecule has 1 heterocycles. The van der Waals surface area contributed by atoms with E-state index in [1.54, 1.807) is 6.08 Å². The highest BCUT2D eigenvalue weighted by molar-refractivity contribution is 6.31. The summed E-state index contributed by atoms with van der Waals surface area (Å²) >= 11 is 6.26. The first-order valence-electron chi connectivity index (χ1n) is 9.06. The number of benzene rings is 3. The van der Waals surface area contributed by atoms with E-state index < -0.39 is 0 Å². The van der Waals surface area contributed by atoms with Crippen LogP contribution in [0.15, 0.2) is 84.9 Å². The number of hydrogen-bond donors (Lipinski definition) is 0. The van der Waals surface area contributed by atoms with E-state index in [1.165, 1.54) is 0 Å². The van der Waals surface area contributed by atoms with E-state index in [0.717, 1.165) is 27.6 Å². The Balaban J connectivity index is 1.93. The average Bonchev–Trinajstić information content (AvgIpc) is 2.73. The van der Waals surface area contributed by atoms with E-state index in [0.29, 0.717) is 16.3 Å². The van der Waals surface area contributed by atoms with Crippen molar-refractivity contribution in [1.29, 1.82) is 0 Å². The van der Waals surface area contributed by atoms with Crippen LogP contribution in [0.25, 0.3) is 28.1 Å². The molecule has 0 radical (unpaired) electrons. The third-order valence-corrected chi connectivity index (χ3v) is 4.90. The molecule has 0 fully saturated rings. The van der Waals surface area contributed by atoms with Gasteiger partial charge in [0.15, 0.2) is 5.78 Å². The molecule has 1 aromatic heterocycles. The molecular formula is C25H18ClNO. The molecule has 0 unspecified atom stereocenters. The van der Waals surface area contributed by atoms with Crippen molar-refractivity contribution in [1.82, 2.24) is 4.98 Å². The van der Waals surface area contributed by atoms with Gasteiger partial charge >= 0.3 is 0 Å². The lowest BCUT2D eigenvalue weighted by molar-refractivity contribution is 0.104. The maximum Gasteiger partial charge on any atom is 0.188 e. The van der Waals surface area contributed by atoms with E-state index in [-0.39, 0.29) is 5.78 Å². The lowest BCUT2D eigenvalue weighted by Crippen LogP contribution is -2.05. The van der Waals surface area contributed by atoms with E-state index in [9.17, 15) is 4.79 Å². The molecule has 0 saturated heterocycles. The minimum Gasteiger partial charge on any atom is -0.289 e. The number of nitrogens with zero attached hydrogens (tertiary/aromatic N) is 1. The van der Waals surface area contributed by atoms with Crippen molar-refractivity contribution in [3.63, 3.8) is 0 Å². The Hall–Kier alpha value is -3.23. The van der Waals surface area contributed by atoms with Gasteiger partial charge in [0.25, 0.3) is 0 Å². The Kier molecular flexibility index (Phi) is 5.05. The van der Waals surface area contributed by atoms with Crippen LogP contribution in [0.3, 0.4) is 0 Å². The zero-order chi connectivity index (χ0) is 19.5. The van der Waals surface area contributed by atoms with Gasteiger partial charge in [-0.05, 0) is 42.3 Å². The van der Waals surface area contributed by atoms with Crippen molar-refractivity contribution in [2.75, 3.05) is 0 Å². The number of rotatable bonds is 4. The Bertz CT molecular complexity index is 1180. The molecule has 0 spiro atoms. The summed E-state index contributed by atoms with van der Waals surface area (Å²) in [6, 6.07) is 25.3. The number of allylic oxidation sites excluding steroid dienone is 1. The fourth-order valence-electron chi connectivity index (χ4n) is 3.38. The molecule has 0 bridgehead atoms. The molecule has 4 rings (SSSR count). The van der Waals surface area contributed by atoms with Crippen LogP contribution >= 0.6 is 11.6 Å². The summed E-state index contributed by atoms with van der Waals surface area (Å²) in [4.78, 5) is 17.9. The zero-order valence-corrected chi connectivity index (χ0v) is 16.1. The molecule has 136 valence electrons. The first-order chi connectivity index (χ1) is 13.6. The summed E-state index contributed by atoms with van der Waals surface area (Å²) in [5.41, 5.74) is 4.95. The van der Waals surface area contributed by atoms with Gasteiger partial charge in [0.05, 0.1) is 11.1 Å². The predicted molar refractivity (Wildman–Crippen MR) is 117 cm³/mol. The summed E-state index contributed by atoms with van der Waals surface area (Å²) in [5, 5.41) is 1.49. The van der Waals surface area contributed by atoms with Gasteiger partial charge in [0.2, 0.25) is 0 Å². The molecule has 4 aromatic rings. The van der Waals surface area contributed by atoms with Crippen molar-refractivity contribution in [2.24, 2.45) is 0 Å². The Morgan fingerprint density at radius 2 is 1.61 bits per heavy atom. The van der Waals surface area contributed by atoms with Crippen LogP contribution in [-0.2, 0) is 0 Å². The lowest BCUT2D eigenvalue weighted by Gasteiger charge is -2.14. The van der Waals surface area contributed by atoms with Crippen LogP contribution in [-0.4, -0.2) is 10.8 Å². The predicted octanol–water partition coefficient (Wildman–Crippen LogP) is 6.76. The normalized spacial score (nSPS) is 11.2. The van der Waals surface area contributed by atoms with Crippen molar-refractivity contribution in [3.8, 4) is 11.1 Å². The second-order valence-electron chi connectivity index (χ2n) is 6.58. The summed E-state index contributed by atoms with van der Waals surface area (Å²) in [7, 11) is 0. The van der Waals surface area contributed by atoms with Gasteiger partial charge in [-0.3, -0.25) is 9.78 Å². The highest BCUT2D eigenvalue weighted by Crippen LogP contribution is 2.34. The smallest absolute Gasteiger partial charge is 0.188 e. The summed E-state index contributed by atoms with van der Waals surface area (Å²) in [5.74, 6) is -0.0745. The molecular weight excluding hydrogens is 366 g/mol. The van der Waals surface area contributed by atoms with Crippen molar-refractivity contribution >= 4 is 34.4 Å². The lowest BCUT2D eigenvalue weighted by atomic mass is 9.92. The van der Waals surface area contributed by atoms with E-state index >= 15 is 0 Å². The fourth-order valence-corrected chi connectivity index (χ4v) is 3.56. The first kappa shape index (κ1) is 18.1. The van der Waals surface area contributed by atoms with Gasteiger partial charge in [-0.1, -0.05) is 78.3 Å². The van der Waals surface area contributed by atoms with Crippen molar-refractivity contribution < 1.29 is 4.79 Å². The van der Waals surface area contributed by atoms with Crippen LogP contribution < -0.4 is 0 Å². The molecule has 0 saturated carbocycles. The Morgan fingerprint density at radius 3 is 2.32 bits per heavy atom. The summed E-state index contributed by atoms with van der Waals surface area (Å²) < 4.78 is 0. The number of pyridine rings is 1. The Morgan fingerprint density at radius 1 is 0.929 bits per heavy atom. The average molecular weight is 384 g/mol. The molecule has 3 heteroatoms. The number of ketones is 1.